The average Bonchev–Trinajstić information content (AvgIpc) is 2.55. The van der Waals surface area contributed by atoms with Gasteiger partial charge in [0.15, 0.2) is 0 Å². The van der Waals surface area contributed by atoms with Crippen molar-refractivity contribution in [3.8, 4) is 11.5 Å². The minimum Gasteiger partial charge on any atom is -0.497 e. The van der Waals surface area contributed by atoms with Crippen LogP contribution >= 0.6 is 0 Å². The molecule has 2 aromatic carbocycles. The summed E-state index contributed by atoms with van der Waals surface area (Å²) in [5.41, 5.74) is 1.12. The van der Waals surface area contributed by atoms with Crippen molar-refractivity contribution < 1.29 is 19.1 Å². The lowest BCUT2D eigenvalue weighted by atomic mass is 10.2. The molecule has 0 aliphatic heterocycles. The number of oxime groups is 1. The van der Waals surface area contributed by atoms with E-state index in [-0.39, 0.29) is 0 Å². The van der Waals surface area contributed by atoms with Gasteiger partial charge in [0.25, 0.3) is 0 Å². The van der Waals surface area contributed by atoms with Gasteiger partial charge >= 0.3 is 5.97 Å². The Kier molecular flexibility index (Phi) is 4.93. The second-order valence-electron chi connectivity index (χ2n) is 4.09. The number of rotatable bonds is 5. The van der Waals surface area contributed by atoms with Gasteiger partial charge in [0.05, 0.1) is 26.0 Å². The van der Waals surface area contributed by atoms with Gasteiger partial charge in [0.1, 0.15) is 11.5 Å². The van der Waals surface area contributed by atoms with E-state index in [0.29, 0.717) is 22.6 Å². The monoisotopic (exact) mass is 285 g/mol. The summed E-state index contributed by atoms with van der Waals surface area (Å²) in [6.07, 6.45) is 1.42. The zero-order chi connectivity index (χ0) is 15.1. The quantitative estimate of drug-likeness (QED) is 0.481. The maximum absolute atomic E-state index is 11.7. The van der Waals surface area contributed by atoms with Gasteiger partial charge in [-0.05, 0) is 24.3 Å². The Morgan fingerprint density at radius 2 is 1.81 bits per heavy atom. The molecule has 0 aliphatic rings. The van der Waals surface area contributed by atoms with Gasteiger partial charge in [-0.2, -0.15) is 0 Å². The molecule has 0 saturated carbocycles. The van der Waals surface area contributed by atoms with Crippen molar-refractivity contribution in [2.45, 2.75) is 0 Å². The van der Waals surface area contributed by atoms with Crippen molar-refractivity contribution in [3.63, 3.8) is 0 Å². The smallest absolute Gasteiger partial charge is 0.365 e. The second kappa shape index (κ2) is 7.09. The number of nitrogens with zero attached hydrogens (tertiary/aromatic N) is 1. The molecule has 5 nitrogen and oxygen atoms in total. The lowest BCUT2D eigenvalue weighted by Crippen LogP contribution is -2.00. The van der Waals surface area contributed by atoms with Crippen molar-refractivity contribution in [2.24, 2.45) is 5.16 Å². The Morgan fingerprint density at radius 3 is 2.48 bits per heavy atom. The molecular formula is C16H15NO4. The van der Waals surface area contributed by atoms with Crippen LogP contribution in [0.25, 0.3) is 0 Å². The van der Waals surface area contributed by atoms with Crippen molar-refractivity contribution in [1.82, 2.24) is 0 Å². The first-order chi connectivity index (χ1) is 10.2. The van der Waals surface area contributed by atoms with E-state index in [4.69, 9.17) is 14.3 Å². The van der Waals surface area contributed by atoms with Crippen molar-refractivity contribution in [2.75, 3.05) is 14.2 Å². The van der Waals surface area contributed by atoms with Crippen molar-refractivity contribution >= 4 is 12.2 Å². The van der Waals surface area contributed by atoms with E-state index in [0.717, 1.165) is 0 Å². The Bertz CT molecular complexity index is 638. The summed E-state index contributed by atoms with van der Waals surface area (Å²) in [5.74, 6) is 0.735. The Morgan fingerprint density at radius 1 is 1.05 bits per heavy atom. The van der Waals surface area contributed by atoms with E-state index in [2.05, 4.69) is 5.16 Å². The highest BCUT2D eigenvalue weighted by molar-refractivity contribution is 5.90. The third kappa shape index (κ3) is 3.82. The SMILES string of the molecule is COc1ccc(/C=N/OC(=O)c2ccccc2)c(OC)c1. The highest BCUT2D eigenvalue weighted by Crippen LogP contribution is 2.23. The molecule has 0 amide bonds. The third-order valence-electron chi connectivity index (χ3n) is 2.78. The van der Waals surface area contributed by atoms with Gasteiger partial charge in [0, 0.05) is 11.6 Å². The van der Waals surface area contributed by atoms with Gasteiger partial charge in [0.2, 0.25) is 0 Å². The van der Waals surface area contributed by atoms with Crippen molar-refractivity contribution in [1.29, 1.82) is 0 Å². The first-order valence-electron chi connectivity index (χ1n) is 6.26. The van der Waals surface area contributed by atoms with Gasteiger partial charge in [-0.3, -0.25) is 0 Å². The van der Waals surface area contributed by atoms with E-state index >= 15 is 0 Å². The minimum atomic E-state index is -0.515. The topological polar surface area (TPSA) is 57.1 Å². The van der Waals surface area contributed by atoms with Crippen LogP contribution < -0.4 is 9.47 Å². The summed E-state index contributed by atoms with van der Waals surface area (Å²) >= 11 is 0. The molecule has 2 rings (SSSR count). The van der Waals surface area contributed by atoms with Crippen LogP contribution in [0.2, 0.25) is 0 Å². The number of carbonyl (C=O) groups excluding carboxylic acids is 1. The third-order valence-corrected chi connectivity index (χ3v) is 2.78. The van der Waals surface area contributed by atoms with Crippen LogP contribution in [0.5, 0.6) is 11.5 Å². The first-order valence-corrected chi connectivity index (χ1v) is 6.26. The molecule has 2 aromatic rings. The van der Waals surface area contributed by atoms with Gasteiger partial charge in [-0.1, -0.05) is 23.4 Å². The lowest BCUT2D eigenvalue weighted by Gasteiger charge is -2.06. The molecule has 0 spiro atoms. The van der Waals surface area contributed by atoms with E-state index in [1.54, 1.807) is 56.7 Å². The molecule has 0 heterocycles. The van der Waals surface area contributed by atoms with E-state index < -0.39 is 5.97 Å². The maximum atomic E-state index is 11.7. The number of carbonyl (C=O) groups is 1. The summed E-state index contributed by atoms with van der Waals surface area (Å²) < 4.78 is 10.3. The molecule has 0 aromatic heterocycles. The fourth-order valence-corrected chi connectivity index (χ4v) is 1.68. The molecule has 0 saturated heterocycles. The summed E-state index contributed by atoms with van der Waals surface area (Å²) in [5, 5.41) is 3.69. The summed E-state index contributed by atoms with van der Waals surface area (Å²) in [7, 11) is 3.12. The molecule has 0 radical (unpaired) electrons. The Balaban J connectivity index is 2.06. The Labute approximate surface area is 122 Å². The number of hydrogen-bond donors (Lipinski definition) is 0. The van der Waals surface area contributed by atoms with Crippen LogP contribution in [0.4, 0.5) is 0 Å². The molecule has 0 fully saturated rings. The van der Waals surface area contributed by atoms with E-state index in [1.165, 1.54) is 6.21 Å². The summed E-state index contributed by atoms with van der Waals surface area (Å²) in [6, 6.07) is 13.9. The predicted molar refractivity (Wildman–Crippen MR) is 79.0 cm³/mol. The Hall–Kier alpha value is -2.82. The van der Waals surface area contributed by atoms with Crippen molar-refractivity contribution in [3.05, 3.63) is 59.7 Å². The van der Waals surface area contributed by atoms with Crippen LogP contribution in [-0.4, -0.2) is 26.4 Å². The van der Waals surface area contributed by atoms with Gasteiger partial charge in [-0.25, -0.2) is 4.79 Å². The highest BCUT2D eigenvalue weighted by atomic mass is 16.7. The molecule has 0 atom stereocenters. The zero-order valence-corrected chi connectivity index (χ0v) is 11.8. The lowest BCUT2D eigenvalue weighted by molar-refractivity contribution is 0.0519. The molecule has 5 heteroatoms. The van der Waals surface area contributed by atoms with Crippen LogP contribution in [0.3, 0.4) is 0 Å². The van der Waals surface area contributed by atoms with Crippen LogP contribution in [0, 0.1) is 0 Å². The molecular weight excluding hydrogens is 270 g/mol. The van der Waals surface area contributed by atoms with Crippen LogP contribution in [0.1, 0.15) is 15.9 Å². The van der Waals surface area contributed by atoms with Gasteiger partial charge in [-0.15, -0.1) is 0 Å². The number of hydrogen-bond acceptors (Lipinski definition) is 5. The maximum Gasteiger partial charge on any atom is 0.365 e. The normalized spacial score (nSPS) is 10.4. The second-order valence-corrected chi connectivity index (χ2v) is 4.09. The zero-order valence-electron chi connectivity index (χ0n) is 11.8. The number of ether oxygens (including phenoxy) is 2. The highest BCUT2D eigenvalue weighted by Gasteiger charge is 2.06. The van der Waals surface area contributed by atoms with Crippen LogP contribution in [0.15, 0.2) is 53.7 Å². The molecule has 0 aliphatic carbocycles. The average molecular weight is 285 g/mol. The van der Waals surface area contributed by atoms with E-state index in [9.17, 15) is 4.79 Å². The van der Waals surface area contributed by atoms with Gasteiger partial charge < -0.3 is 14.3 Å². The standard InChI is InChI=1S/C16H15NO4/c1-19-14-9-8-13(15(10-14)20-2)11-17-21-16(18)12-6-4-3-5-7-12/h3-11H,1-2H3/b17-11+. The summed E-state index contributed by atoms with van der Waals surface area (Å²) in [6.45, 7) is 0. The minimum absolute atomic E-state index is 0.441. The number of benzene rings is 2. The largest absolute Gasteiger partial charge is 0.497 e. The molecule has 108 valence electrons. The fraction of sp³-hybridized carbons (Fsp3) is 0.125. The molecule has 21 heavy (non-hydrogen) atoms. The molecule has 0 bridgehead atoms. The molecule has 0 N–H and O–H groups in total. The fourth-order valence-electron chi connectivity index (χ4n) is 1.68. The number of methoxy groups -OCH3 is 2. The summed E-state index contributed by atoms with van der Waals surface area (Å²) in [4.78, 5) is 16.5. The molecule has 0 unspecified atom stereocenters. The van der Waals surface area contributed by atoms with E-state index in [1.807, 2.05) is 6.07 Å². The first kappa shape index (κ1) is 14.6. The van der Waals surface area contributed by atoms with Crippen LogP contribution in [-0.2, 0) is 4.84 Å². The predicted octanol–water partition coefficient (Wildman–Crippen LogP) is 2.89.